The van der Waals surface area contributed by atoms with Crippen molar-refractivity contribution in [1.82, 2.24) is 54.1 Å². The Kier molecular flexibility index (Phi) is 15.4. The highest BCUT2D eigenvalue weighted by Gasteiger charge is 2.27. The molecule has 3 aromatic carbocycles. The molecule has 0 radical (unpaired) electrons. The second-order valence-corrected chi connectivity index (χ2v) is 20.4. The highest BCUT2D eigenvalue weighted by atomic mass is 35.5. The number of fused-ring (bicyclic) bond motifs is 3. The van der Waals surface area contributed by atoms with Gasteiger partial charge in [0.2, 0.25) is 0 Å². The maximum atomic E-state index is 6.04. The molecule has 0 saturated carbocycles. The number of rotatable bonds is 9. The minimum absolute atomic E-state index is 0.445. The summed E-state index contributed by atoms with van der Waals surface area (Å²) >= 11 is 18.1. The second kappa shape index (κ2) is 22.4. The second-order valence-electron chi connectivity index (χ2n) is 19.1. The van der Waals surface area contributed by atoms with Crippen LogP contribution in [0, 0.1) is 5.92 Å². The number of hydrogen-bond acceptors (Lipinski definition) is 9. The summed E-state index contributed by atoms with van der Waals surface area (Å²) in [5.74, 6) is 0.536. The molecule has 12 nitrogen and oxygen atoms in total. The van der Waals surface area contributed by atoms with E-state index in [0.29, 0.717) is 24.0 Å². The van der Waals surface area contributed by atoms with Crippen LogP contribution in [0.2, 0.25) is 15.1 Å². The van der Waals surface area contributed by atoms with Crippen molar-refractivity contribution >= 4 is 67.5 Å². The first-order chi connectivity index (χ1) is 34.7. The summed E-state index contributed by atoms with van der Waals surface area (Å²) in [7, 11) is 0. The summed E-state index contributed by atoms with van der Waals surface area (Å²) in [6.45, 7) is 15.0. The van der Waals surface area contributed by atoms with E-state index in [1.54, 1.807) is 0 Å². The lowest BCUT2D eigenvalue weighted by molar-refractivity contribution is 0.149. The summed E-state index contributed by atoms with van der Waals surface area (Å²) in [6.07, 6.45) is 16.9. The van der Waals surface area contributed by atoms with Crippen LogP contribution in [0.1, 0.15) is 65.0 Å². The van der Waals surface area contributed by atoms with Gasteiger partial charge in [0.15, 0.2) is 0 Å². The maximum Gasteiger partial charge on any atom is 0.102 e. The Balaban J connectivity index is 0.000000123. The van der Waals surface area contributed by atoms with E-state index in [1.165, 1.54) is 11.0 Å². The number of likely N-dealkylation sites (tertiary alicyclic amines) is 2. The fourth-order valence-electron chi connectivity index (χ4n) is 10.3. The summed E-state index contributed by atoms with van der Waals surface area (Å²) in [5.41, 5.74) is 9.63. The Hall–Kier alpha value is -5.73. The van der Waals surface area contributed by atoms with E-state index < -0.39 is 0 Å². The third kappa shape index (κ3) is 11.0. The average molecular weight is 1010 g/mol. The molecular weight excluding hydrogens is 949 g/mol. The quantitative estimate of drug-likeness (QED) is 0.140. The number of nitrogens with zero attached hydrogens (tertiary/aromatic N) is 11. The number of halogens is 3. The number of piperidine rings is 2. The molecule has 1 unspecified atom stereocenters. The third-order valence-corrected chi connectivity index (χ3v) is 15.1. The van der Waals surface area contributed by atoms with Crippen LogP contribution in [0.3, 0.4) is 0 Å². The van der Waals surface area contributed by atoms with Gasteiger partial charge >= 0.3 is 0 Å². The predicted octanol–water partition coefficient (Wildman–Crippen LogP) is 13.0. The molecule has 3 saturated heterocycles. The van der Waals surface area contributed by atoms with Gasteiger partial charge in [0.25, 0.3) is 0 Å². The monoisotopic (exact) mass is 1010 g/mol. The van der Waals surface area contributed by atoms with Gasteiger partial charge in [-0.2, -0.15) is 15.3 Å². The Labute approximate surface area is 430 Å². The van der Waals surface area contributed by atoms with Crippen molar-refractivity contribution in [2.75, 3.05) is 45.9 Å². The van der Waals surface area contributed by atoms with Gasteiger partial charge in [-0.25, -0.2) is 0 Å². The van der Waals surface area contributed by atoms with E-state index in [0.717, 1.165) is 155 Å². The van der Waals surface area contributed by atoms with Crippen molar-refractivity contribution in [3.8, 4) is 33.8 Å². The van der Waals surface area contributed by atoms with Crippen LogP contribution in [0.15, 0.2) is 128 Å². The van der Waals surface area contributed by atoms with E-state index >= 15 is 0 Å². The predicted molar refractivity (Wildman–Crippen MR) is 288 cm³/mol. The molecule has 0 N–H and O–H groups in total. The highest BCUT2D eigenvalue weighted by Crippen LogP contribution is 2.35. The molecule has 0 spiro atoms. The first kappa shape index (κ1) is 48.9. The SMILES string of the molecule is CC(C)N1CCC(n2nc(-c3ccc(Cl)cc3)c3cnccc32)CC1.CCN1CCC(n2nc(-c3ccc(Cl)cc3)c3cnccc32)CC1.Clc1ccc(-c2nn(CC3CCOC3)c3ccncc23)cc1. The van der Waals surface area contributed by atoms with E-state index in [-0.39, 0.29) is 0 Å². The highest BCUT2D eigenvalue weighted by molar-refractivity contribution is 6.31. The van der Waals surface area contributed by atoms with E-state index in [9.17, 15) is 0 Å². The Morgan fingerprint density at radius 2 is 0.958 bits per heavy atom. The Bertz CT molecular complexity index is 3170. The standard InChI is InChI=1S/C20H23ClN4.C19H21ClN4.C17H16ClN3O/c1-14(2)24-11-8-17(9-12-24)25-19-7-10-22-13-18(19)20(23-25)15-3-5-16(21)6-4-15;1-2-23-11-8-16(9-12-23)24-18-7-10-21-13-17(18)19(22-24)14-3-5-15(20)6-4-14;18-14-3-1-13(2-4-14)17-15-9-19-7-5-16(15)21(20-17)10-12-6-8-22-11-12/h3-7,10,13-14,17H,8-9,11-12H2,1-2H3;3-7,10,13,16H,2,8-9,11-12H2,1H3;1-5,7,9,12H,6,8,10-11H2. The van der Waals surface area contributed by atoms with Crippen molar-refractivity contribution in [2.45, 2.75) is 77.5 Å². The van der Waals surface area contributed by atoms with Crippen molar-refractivity contribution in [2.24, 2.45) is 5.92 Å². The topological polar surface area (TPSA) is 108 Å². The smallest absolute Gasteiger partial charge is 0.102 e. The first-order valence-corrected chi connectivity index (χ1v) is 26.1. The zero-order valence-corrected chi connectivity index (χ0v) is 42.9. The average Bonchev–Trinajstić information content (AvgIpc) is 4.23. The number of aromatic nitrogens is 9. The van der Waals surface area contributed by atoms with Crippen LogP contribution in [-0.2, 0) is 11.3 Å². The summed E-state index contributed by atoms with van der Waals surface area (Å²) < 4.78 is 12.0. The number of hydrogen-bond donors (Lipinski definition) is 0. The Morgan fingerprint density at radius 1 is 0.535 bits per heavy atom. The molecule has 12 rings (SSSR count). The van der Waals surface area contributed by atoms with Gasteiger partial charge in [-0.15, -0.1) is 0 Å². The molecule has 0 aliphatic carbocycles. The summed E-state index contributed by atoms with van der Waals surface area (Å²) in [4.78, 5) is 17.9. The van der Waals surface area contributed by atoms with Crippen LogP contribution in [0.5, 0.6) is 0 Å². The van der Waals surface area contributed by atoms with Crippen molar-refractivity contribution < 1.29 is 4.74 Å². The Morgan fingerprint density at radius 3 is 1.38 bits per heavy atom. The van der Waals surface area contributed by atoms with Gasteiger partial charge in [-0.3, -0.25) is 29.0 Å². The largest absolute Gasteiger partial charge is 0.381 e. The molecule has 6 aromatic heterocycles. The molecule has 9 aromatic rings. The lowest BCUT2D eigenvalue weighted by atomic mass is 10.0. The minimum atomic E-state index is 0.445. The zero-order valence-electron chi connectivity index (χ0n) is 40.6. The lowest BCUT2D eigenvalue weighted by Gasteiger charge is -2.34. The van der Waals surface area contributed by atoms with Crippen molar-refractivity contribution in [3.63, 3.8) is 0 Å². The van der Waals surface area contributed by atoms with E-state index in [4.69, 9.17) is 54.8 Å². The minimum Gasteiger partial charge on any atom is -0.381 e. The molecule has 0 bridgehead atoms. The molecule has 1 atom stereocenters. The van der Waals surface area contributed by atoms with Gasteiger partial charge in [0, 0.05) is 136 Å². The molecular formula is C56H60Cl3N11O. The molecule has 366 valence electrons. The number of benzene rings is 3. The summed E-state index contributed by atoms with van der Waals surface area (Å²) in [5, 5.41) is 20.3. The molecule has 71 heavy (non-hydrogen) atoms. The van der Waals surface area contributed by atoms with Gasteiger partial charge < -0.3 is 14.5 Å². The molecule has 3 aliphatic rings. The van der Waals surface area contributed by atoms with Crippen molar-refractivity contribution in [3.05, 3.63) is 143 Å². The first-order valence-electron chi connectivity index (χ1n) is 25.0. The van der Waals surface area contributed by atoms with Crippen LogP contribution in [0.4, 0.5) is 0 Å². The fourth-order valence-corrected chi connectivity index (χ4v) is 10.6. The number of pyridine rings is 3. The van der Waals surface area contributed by atoms with Crippen LogP contribution < -0.4 is 0 Å². The molecule has 15 heteroatoms. The van der Waals surface area contributed by atoms with Gasteiger partial charge in [0.05, 0.1) is 35.2 Å². The molecule has 3 fully saturated rings. The van der Waals surface area contributed by atoms with Gasteiger partial charge in [-0.05, 0) is 107 Å². The van der Waals surface area contributed by atoms with Crippen LogP contribution in [-0.4, -0.2) is 106 Å². The van der Waals surface area contributed by atoms with Crippen LogP contribution in [0.25, 0.3) is 66.5 Å². The fraction of sp³-hybridized carbons (Fsp3) is 0.357. The van der Waals surface area contributed by atoms with Gasteiger partial charge in [0.1, 0.15) is 17.1 Å². The lowest BCUT2D eigenvalue weighted by Crippen LogP contribution is -2.39. The van der Waals surface area contributed by atoms with E-state index in [1.807, 2.05) is 116 Å². The molecule has 3 aliphatic heterocycles. The number of ether oxygens (including phenoxy) is 1. The maximum absolute atomic E-state index is 6.04. The normalized spacial score (nSPS) is 17.2. The summed E-state index contributed by atoms with van der Waals surface area (Å²) in [6, 6.07) is 31.3. The van der Waals surface area contributed by atoms with Crippen molar-refractivity contribution in [1.29, 1.82) is 0 Å². The van der Waals surface area contributed by atoms with Crippen LogP contribution >= 0.6 is 34.8 Å². The molecule has 9 heterocycles. The van der Waals surface area contributed by atoms with E-state index in [2.05, 4.69) is 71.7 Å². The van der Waals surface area contributed by atoms with Gasteiger partial charge in [-0.1, -0.05) is 78.1 Å². The molecule has 0 amide bonds. The third-order valence-electron chi connectivity index (χ3n) is 14.3. The zero-order chi connectivity index (χ0) is 48.8.